The lowest BCUT2D eigenvalue weighted by molar-refractivity contribution is -0.129. The Hall–Kier alpha value is -0.200. The van der Waals surface area contributed by atoms with Gasteiger partial charge in [0.1, 0.15) is 22.9 Å². The van der Waals surface area contributed by atoms with Crippen LogP contribution in [0.1, 0.15) is 27.7 Å². The molecule has 3 aliphatic rings. The van der Waals surface area contributed by atoms with Crippen molar-refractivity contribution in [3.63, 3.8) is 0 Å². The van der Waals surface area contributed by atoms with Crippen LogP contribution in [0.4, 0.5) is 0 Å². The van der Waals surface area contributed by atoms with Gasteiger partial charge in [-0.3, -0.25) is 0 Å². The molecule has 98 valence electrons. The molecule has 5 atom stereocenters. The van der Waals surface area contributed by atoms with Gasteiger partial charge >= 0.3 is 0 Å². The molecule has 3 fully saturated rings. The van der Waals surface area contributed by atoms with E-state index in [0.717, 1.165) is 0 Å². The van der Waals surface area contributed by atoms with Gasteiger partial charge in [-0.05, 0) is 0 Å². The van der Waals surface area contributed by atoms with Crippen molar-refractivity contribution in [1.82, 2.24) is 0 Å². The number of aliphatic hydroxyl groups excluding tert-OH is 1. The lowest BCUT2D eigenvalue weighted by atomic mass is 9.92. The lowest BCUT2D eigenvalue weighted by Crippen LogP contribution is -2.47. The summed E-state index contributed by atoms with van der Waals surface area (Å²) >= 11 is 0. The van der Waals surface area contributed by atoms with Crippen LogP contribution in [0.25, 0.3) is 0 Å². The molecule has 4 N–H and O–H groups in total. The van der Waals surface area contributed by atoms with Gasteiger partial charge in [-0.25, -0.2) is 0 Å². The molecule has 0 aromatic carbocycles. The number of hydrogen-bond acceptors (Lipinski definition) is 5. The Balaban J connectivity index is 2.00. The fraction of sp³-hybridized carbons (Fsp3) is 1.00. The number of rotatable bonds is 1. The van der Waals surface area contributed by atoms with Crippen molar-refractivity contribution in [3.05, 3.63) is 0 Å². The van der Waals surface area contributed by atoms with E-state index < -0.39 is 39.8 Å². The van der Waals surface area contributed by atoms with E-state index in [4.69, 9.17) is 4.74 Å². The Labute approximate surface area is 100 Å². The molecule has 1 unspecified atom stereocenters. The molecule has 17 heavy (non-hydrogen) atoms. The van der Waals surface area contributed by atoms with Crippen molar-refractivity contribution in [2.45, 2.75) is 56.7 Å². The van der Waals surface area contributed by atoms with E-state index in [2.05, 4.69) is 0 Å². The molecule has 0 radical (unpaired) electrons. The standard InChI is InChI=1S/C12H20O5/c1-8(2)6(13)11(8,15)7-12(16)9(3,4)10(12,14)5-17-7/h6-7,13-16H,5H2,1-4H3/t6?,7-,10+,11-,12-/m1/s1. The largest absolute Gasteiger partial charge is 0.389 e. The SMILES string of the molecule is CC1(C)C(O)[C@@]1(O)[C@H]1OC[C@]2(O)C(C)(C)[C@]12O. The summed E-state index contributed by atoms with van der Waals surface area (Å²) in [7, 11) is 0. The Morgan fingerprint density at radius 2 is 1.53 bits per heavy atom. The number of fused-ring (bicyclic) bond motifs is 1. The van der Waals surface area contributed by atoms with Crippen molar-refractivity contribution in [1.29, 1.82) is 0 Å². The molecule has 1 saturated heterocycles. The third-order valence-corrected chi connectivity index (χ3v) is 5.84. The van der Waals surface area contributed by atoms with Crippen molar-refractivity contribution in [3.8, 4) is 0 Å². The molecular weight excluding hydrogens is 224 g/mol. The maximum atomic E-state index is 10.6. The average Bonchev–Trinajstić information content (AvgIpc) is 2.68. The zero-order valence-corrected chi connectivity index (χ0v) is 10.6. The van der Waals surface area contributed by atoms with Crippen LogP contribution in [-0.4, -0.2) is 56.0 Å². The van der Waals surface area contributed by atoms with Crippen LogP contribution in [0.2, 0.25) is 0 Å². The van der Waals surface area contributed by atoms with E-state index in [0.29, 0.717) is 0 Å². The maximum absolute atomic E-state index is 10.6. The molecule has 2 saturated carbocycles. The summed E-state index contributed by atoms with van der Waals surface area (Å²) in [6.07, 6.45) is -1.89. The summed E-state index contributed by atoms with van der Waals surface area (Å²) in [5, 5.41) is 41.2. The zero-order valence-electron chi connectivity index (χ0n) is 10.6. The Morgan fingerprint density at radius 1 is 1.06 bits per heavy atom. The van der Waals surface area contributed by atoms with Crippen LogP contribution >= 0.6 is 0 Å². The second kappa shape index (κ2) is 2.42. The van der Waals surface area contributed by atoms with Gasteiger partial charge < -0.3 is 25.2 Å². The van der Waals surface area contributed by atoms with Gasteiger partial charge in [0.25, 0.3) is 0 Å². The highest BCUT2D eigenvalue weighted by atomic mass is 16.6. The van der Waals surface area contributed by atoms with Crippen molar-refractivity contribution < 1.29 is 25.2 Å². The second-order valence-corrected chi connectivity index (χ2v) is 6.89. The second-order valence-electron chi connectivity index (χ2n) is 6.89. The molecule has 0 aromatic heterocycles. The predicted molar refractivity (Wildman–Crippen MR) is 58.2 cm³/mol. The molecule has 2 aliphatic carbocycles. The van der Waals surface area contributed by atoms with Crippen molar-refractivity contribution >= 4 is 0 Å². The minimum absolute atomic E-state index is 0.00766. The Bertz CT molecular complexity index is 406. The quantitative estimate of drug-likeness (QED) is 0.476. The van der Waals surface area contributed by atoms with Crippen LogP contribution in [-0.2, 0) is 4.74 Å². The number of hydrogen-bond donors (Lipinski definition) is 4. The minimum Gasteiger partial charge on any atom is -0.389 e. The van der Waals surface area contributed by atoms with Gasteiger partial charge in [-0.15, -0.1) is 0 Å². The first-order valence-electron chi connectivity index (χ1n) is 5.96. The monoisotopic (exact) mass is 244 g/mol. The van der Waals surface area contributed by atoms with Gasteiger partial charge in [-0.2, -0.15) is 0 Å². The first-order chi connectivity index (χ1) is 7.49. The van der Waals surface area contributed by atoms with Crippen LogP contribution < -0.4 is 0 Å². The van der Waals surface area contributed by atoms with E-state index in [1.54, 1.807) is 27.7 Å². The van der Waals surface area contributed by atoms with E-state index in [9.17, 15) is 20.4 Å². The summed E-state index contributed by atoms with van der Waals surface area (Å²) in [4.78, 5) is 0. The summed E-state index contributed by atoms with van der Waals surface area (Å²) in [5.74, 6) is 0. The molecular formula is C12H20O5. The number of aliphatic hydroxyl groups is 4. The summed E-state index contributed by atoms with van der Waals surface area (Å²) in [5.41, 5.74) is -5.74. The fourth-order valence-electron chi connectivity index (χ4n) is 3.79. The maximum Gasteiger partial charge on any atom is 0.133 e. The first-order valence-corrected chi connectivity index (χ1v) is 5.96. The molecule has 3 rings (SSSR count). The summed E-state index contributed by atoms with van der Waals surface area (Å²) < 4.78 is 5.38. The smallest absolute Gasteiger partial charge is 0.133 e. The zero-order chi connectivity index (χ0) is 13.1. The molecule has 0 aromatic rings. The Morgan fingerprint density at radius 3 is 1.82 bits per heavy atom. The van der Waals surface area contributed by atoms with Crippen LogP contribution in [0.5, 0.6) is 0 Å². The van der Waals surface area contributed by atoms with Crippen LogP contribution in [0.15, 0.2) is 0 Å². The van der Waals surface area contributed by atoms with Crippen LogP contribution in [0, 0.1) is 10.8 Å². The van der Waals surface area contributed by atoms with Crippen LogP contribution in [0.3, 0.4) is 0 Å². The van der Waals surface area contributed by atoms with E-state index in [1.807, 2.05) is 0 Å². The normalized spacial score (nSPS) is 62.1. The van der Waals surface area contributed by atoms with E-state index >= 15 is 0 Å². The van der Waals surface area contributed by atoms with Crippen molar-refractivity contribution in [2.75, 3.05) is 6.61 Å². The minimum atomic E-state index is -1.49. The van der Waals surface area contributed by atoms with Gasteiger partial charge in [-0.1, -0.05) is 27.7 Å². The molecule has 0 amide bonds. The lowest BCUT2D eigenvalue weighted by Gasteiger charge is -2.29. The number of ether oxygens (including phenoxy) is 1. The highest BCUT2D eigenvalue weighted by Crippen LogP contribution is 2.75. The molecule has 0 bridgehead atoms. The predicted octanol–water partition coefficient (Wildman–Crippen LogP) is -0.981. The van der Waals surface area contributed by atoms with Gasteiger partial charge in [0.05, 0.1) is 12.7 Å². The molecule has 1 heterocycles. The van der Waals surface area contributed by atoms with Gasteiger partial charge in [0.2, 0.25) is 0 Å². The van der Waals surface area contributed by atoms with Gasteiger partial charge in [0, 0.05) is 10.8 Å². The molecule has 5 heteroatoms. The average molecular weight is 244 g/mol. The van der Waals surface area contributed by atoms with Gasteiger partial charge in [0.15, 0.2) is 0 Å². The highest BCUT2D eigenvalue weighted by molar-refractivity contribution is 5.44. The molecule has 5 nitrogen and oxygen atoms in total. The summed E-state index contributed by atoms with van der Waals surface area (Å²) in [6, 6.07) is 0. The first kappa shape index (κ1) is 11.9. The molecule has 0 spiro atoms. The van der Waals surface area contributed by atoms with E-state index in [1.165, 1.54) is 0 Å². The fourth-order valence-corrected chi connectivity index (χ4v) is 3.79. The Kier molecular flexibility index (Phi) is 1.69. The van der Waals surface area contributed by atoms with Crippen molar-refractivity contribution in [2.24, 2.45) is 10.8 Å². The third-order valence-electron chi connectivity index (χ3n) is 5.84. The van der Waals surface area contributed by atoms with E-state index in [-0.39, 0.29) is 6.61 Å². The third kappa shape index (κ3) is 0.788. The summed E-state index contributed by atoms with van der Waals surface area (Å²) in [6.45, 7) is 6.92. The molecule has 1 aliphatic heterocycles. The topological polar surface area (TPSA) is 90.2 Å². The highest BCUT2D eigenvalue weighted by Gasteiger charge is 2.94.